The minimum atomic E-state index is -4.70. The van der Waals surface area contributed by atoms with E-state index in [2.05, 4.69) is 15.3 Å². The molecule has 1 aromatic heterocycles. The first kappa shape index (κ1) is 15.9. The molecule has 2 N–H and O–H groups in total. The third-order valence-corrected chi connectivity index (χ3v) is 2.39. The van der Waals surface area contributed by atoms with Crippen LogP contribution in [0.5, 0.6) is 0 Å². The molecule has 0 unspecified atom stereocenters. The van der Waals surface area contributed by atoms with E-state index in [9.17, 15) is 22.8 Å². The summed E-state index contributed by atoms with van der Waals surface area (Å²) in [4.78, 5) is 28.6. The molecule has 6 nitrogen and oxygen atoms in total. The number of rotatable bonds is 4. The van der Waals surface area contributed by atoms with Crippen molar-refractivity contribution in [2.45, 2.75) is 26.1 Å². The van der Waals surface area contributed by atoms with Gasteiger partial charge >= 0.3 is 12.1 Å². The molecule has 110 valence electrons. The van der Waals surface area contributed by atoms with Crippen molar-refractivity contribution in [3.63, 3.8) is 0 Å². The molecule has 9 heteroatoms. The van der Waals surface area contributed by atoms with Gasteiger partial charge in [-0.2, -0.15) is 13.2 Å². The predicted molar refractivity (Wildman–Crippen MR) is 60.8 cm³/mol. The number of aliphatic carboxylic acids is 1. The second kappa shape index (κ2) is 5.85. The molecular weight excluding hydrogens is 279 g/mol. The molecule has 1 atom stereocenters. The first-order valence-corrected chi connectivity index (χ1v) is 5.56. The van der Waals surface area contributed by atoms with Gasteiger partial charge in [-0.3, -0.25) is 4.79 Å². The van der Waals surface area contributed by atoms with Crippen LogP contribution in [0.4, 0.5) is 13.2 Å². The van der Waals surface area contributed by atoms with Crippen LogP contribution < -0.4 is 5.32 Å². The Morgan fingerprint density at radius 1 is 1.25 bits per heavy atom. The van der Waals surface area contributed by atoms with Crippen molar-refractivity contribution in [1.82, 2.24) is 15.3 Å². The van der Waals surface area contributed by atoms with Crippen LogP contribution in [0.1, 0.15) is 30.0 Å². The van der Waals surface area contributed by atoms with Gasteiger partial charge in [0, 0.05) is 12.4 Å². The molecule has 1 heterocycles. The Hall–Kier alpha value is -2.19. The Kier molecular flexibility index (Phi) is 4.64. The molecule has 0 bridgehead atoms. The highest BCUT2D eigenvalue weighted by atomic mass is 19.4. The van der Waals surface area contributed by atoms with Crippen LogP contribution in [0.15, 0.2) is 12.4 Å². The third-order valence-electron chi connectivity index (χ3n) is 2.39. The van der Waals surface area contributed by atoms with Crippen molar-refractivity contribution in [2.75, 3.05) is 0 Å². The number of carbonyl (C=O) groups is 2. The van der Waals surface area contributed by atoms with E-state index >= 15 is 0 Å². The van der Waals surface area contributed by atoms with Gasteiger partial charge in [0.2, 0.25) is 5.82 Å². The lowest BCUT2D eigenvalue weighted by Crippen LogP contribution is -2.44. The highest BCUT2D eigenvalue weighted by Crippen LogP contribution is 2.25. The number of nitrogens with one attached hydrogen (secondary N) is 1. The molecule has 0 spiro atoms. The van der Waals surface area contributed by atoms with Crippen molar-refractivity contribution >= 4 is 11.9 Å². The molecule has 1 amide bonds. The summed E-state index contributed by atoms with van der Waals surface area (Å²) >= 11 is 0. The molecule has 0 aliphatic rings. The van der Waals surface area contributed by atoms with E-state index in [1.807, 2.05) is 0 Å². The van der Waals surface area contributed by atoms with Gasteiger partial charge in [-0.1, -0.05) is 13.8 Å². The Bertz CT molecular complexity index is 500. The molecule has 0 fully saturated rings. The van der Waals surface area contributed by atoms with Crippen LogP contribution in [0.25, 0.3) is 0 Å². The topological polar surface area (TPSA) is 92.2 Å². The molecule has 0 saturated carbocycles. The van der Waals surface area contributed by atoms with Crippen molar-refractivity contribution in [3.8, 4) is 0 Å². The van der Waals surface area contributed by atoms with Crippen molar-refractivity contribution < 1.29 is 27.9 Å². The van der Waals surface area contributed by atoms with Gasteiger partial charge < -0.3 is 10.4 Å². The maximum Gasteiger partial charge on any atom is 0.451 e. The maximum absolute atomic E-state index is 12.2. The summed E-state index contributed by atoms with van der Waals surface area (Å²) in [5.41, 5.74) is -0.245. The van der Waals surface area contributed by atoms with Crippen LogP contribution in [-0.4, -0.2) is 33.0 Å². The number of carboxylic acids is 1. The predicted octanol–water partition coefficient (Wildman–Crippen LogP) is 1.33. The fourth-order valence-electron chi connectivity index (χ4n) is 1.33. The smallest absolute Gasteiger partial charge is 0.451 e. The lowest BCUT2D eigenvalue weighted by Gasteiger charge is -2.17. The fraction of sp³-hybridized carbons (Fsp3) is 0.455. The molecule has 0 aliphatic carbocycles. The van der Waals surface area contributed by atoms with Crippen LogP contribution in [-0.2, 0) is 11.0 Å². The quantitative estimate of drug-likeness (QED) is 0.873. The minimum Gasteiger partial charge on any atom is -0.480 e. The summed E-state index contributed by atoms with van der Waals surface area (Å²) in [6.45, 7) is 3.17. The molecule has 0 radical (unpaired) electrons. The number of carboxylic acid groups (broad SMARTS) is 1. The molecule has 20 heavy (non-hydrogen) atoms. The number of amides is 1. The van der Waals surface area contributed by atoms with E-state index in [4.69, 9.17) is 5.11 Å². The molecule has 0 aromatic carbocycles. The summed E-state index contributed by atoms with van der Waals surface area (Å²) in [5.74, 6) is -3.83. The first-order valence-electron chi connectivity index (χ1n) is 5.56. The lowest BCUT2D eigenvalue weighted by atomic mass is 10.0. The summed E-state index contributed by atoms with van der Waals surface area (Å²) in [6.07, 6.45) is -3.30. The van der Waals surface area contributed by atoms with Gasteiger partial charge in [0.25, 0.3) is 5.91 Å². The SMILES string of the molecule is CC(C)[C@@H](NC(=O)c1cnc(C(F)(F)F)nc1)C(=O)O. The second-order valence-corrected chi connectivity index (χ2v) is 4.33. The molecule has 0 aliphatic heterocycles. The maximum atomic E-state index is 12.2. The molecular formula is C11H12F3N3O3. The number of carbonyl (C=O) groups excluding carboxylic acids is 1. The van der Waals surface area contributed by atoms with Gasteiger partial charge in [-0.05, 0) is 5.92 Å². The van der Waals surface area contributed by atoms with Gasteiger partial charge in [-0.25, -0.2) is 14.8 Å². The fourth-order valence-corrected chi connectivity index (χ4v) is 1.33. The number of aromatic nitrogens is 2. The van der Waals surface area contributed by atoms with E-state index in [1.165, 1.54) is 0 Å². The highest BCUT2D eigenvalue weighted by molar-refractivity contribution is 5.96. The van der Waals surface area contributed by atoms with Crippen molar-refractivity contribution in [2.24, 2.45) is 5.92 Å². The average molecular weight is 291 g/mol. The van der Waals surface area contributed by atoms with E-state index in [0.29, 0.717) is 12.4 Å². The number of halogens is 3. The number of hydrogen-bond donors (Lipinski definition) is 2. The minimum absolute atomic E-state index is 0.245. The largest absolute Gasteiger partial charge is 0.480 e. The molecule has 1 rings (SSSR count). The Labute approximate surface area is 112 Å². The first-order chi connectivity index (χ1) is 9.12. The van der Waals surface area contributed by atoms with Crippen LogP contribution in [0, 0.1) is 5.92 Å². The number of hydrogen-bond acceptors (Lipinski definition) is 4. The standard InChI is InChI=1S/C11H12F3N3O3/c1-5(2)7(9(19)20)17-8(18)6-3-15-10(16-4-6)11(12,13)14/h3-5,7H,1-2H3,(H,17,18)(H,19,20)/t7-/m1/s1. The van der Waals surface area contributed by atoms with E-state index in [1.54, 1.807) is 13.8 Å². The van der Waals surface area contributed by atoms with Crippen LogP contribution in [0.3, 0.4) is 0 Å². The second-order valence-electron chi connectivity index (χ2n) is 4.33. The van der Waals surface area contributed by atoms with E-state index < -0.39 is 29.9 Å². The number of nitrogens with zero attached hydrogens (tertiary/aromatic N) is 2. The van der Waals surface area contributed by atoms with Crippen molar-refractivity contribution in [1.29, 1.82) is 0 Å². The van der Waals surface area contributed by atoms with Gasteiger partial charge in [0.1, 0.15) is 6.04 Å². The van der Waals surface area contributed by atoms with E-state index in [0.717, 1.165) is 0 Å². The van der Waals surface area contributed by atoms with Crippen molar-refractivity contribution in [3.05, 3.63) is 23.8 Å². The zero-order chi connectivity index (χ0) is 15.5. The Morgan fingerprint density at radius 2 is 1.75 bits per heavy atom. The van der Waals surface area contributed by atoms with Gasteiger partial charge in [0.05, 0.1) is 5.56 Å². The molecule has 1 aromatic rings. The van der Waals surface area contributed by atoms with Gasteiger partial charge in [0.15, 0.2) is 0 Å². The third kappa shape index (κ3) is 3.90. The Balaban J connectivity index is 2.85. The average Bonchev–Trinajstić information content (AvgIpc) is 2.34. The molecule has 0 saturated heterocycles. The Morgan fingerprint density at radius 3 is 2.10 bits per heavy atom. The summed E-state index contributed by atoms with van der Waals surface area (Å²) in [7, 11) is 0. The van der Waals surface area contributed by atoms with E-state index in [-0.39, 0.29) is 11.5 Å². The van der Waals surface area contributed by atoms with Crippen LogP contribution in [0.2, 0.25) is 0 Å². The zero-order valence-electron chi connectivity index (χ0n) is 10.6. The monoisotopic (exact) mass is 291 g/mol. The normalized spacial score (nSPS) is 13.1. The highest BCUT2D eigenvalue weighted by Gasteiger charge is 2.34. The zero-order valence-corrected chi connectivity index (χ0v) is 10.6. The number of alkyl halides is 3. The van der Waals surface area contributed by atoms with Crippen LogP contribution >= 0.6 is 0 Å². The summed E-state index contributed by atoms with van der Waals surface area (Å²) < 4.78 is 36.7. The summed E-state index contributed by atoms with van der Waals surface area (Å²) in [6, 6.07) is -1.15. The van der Waals surface area contributed by atoms with Gasteiger partial charge in [-0.15, -0.1) is 0 Å². The lowest BCUT2D eigenvalue weighted by molar-refractivity contribution is -0.145. The summed E-state index contributed by atoms with van der Waals surface area (Å²) in [5, 5.41) is 11.1.